The van der Waals surface area contributed by atoms with Crippen molar-refractivity contribution in [2.75, 3.05) is 5.73 Å². The number of aromatic nitrogens is 1. The van der Waals surface area contributed by atoms with Crippen LogP contribution >= 0.6 is 15.9 Å². The minimum Gasteiger partial charge on any atom is -0.384 e. The maximum Gasteiger partial charge on any atom is 0.129 e. The van der Waals surface area contributed by atoms with Crippen LogP contribution in [0.1, 0.15) is 12.6 Å². The van der Waals surface area contributed by atoms with Crippen molar-refractivity contribution < 1.29 is 0 Å². The first kappa shape index (κ1) is 8.09. The van der Waals surface area contributed by atoms with Crippen molar-refractivity contribution in [3.05, 3.63) is 22.3 Å². The Morgan fingerprint density at radius 2 is 2.27 bits per heavy atom. The van der Waals surface area contributed by atoms with Crippen LogP contribution in [-0.4, -0.2) is 4.98 Å². The molecule has 0 aliphatic carbocycles. The highest BCUT2D eigenvalue weighted by atomic mass is 79.9. The van der Waals surface area contributed by atoms with Crippen LogP contribution in [0.15, 0.2) is 16.6 Å². The molecule has 1 aromatic rings. The van der Waals surface area contributed by atoms with Gasteiger partial charge in [-0.15, -0.1) is 0 Å². The molecule has 0 saturated carbocycles. The topological polar surface area (TPSA) is 38.9 Å². The minimum absolute atomic E-state index is 0.492. The molecule has 0 spiro atoms. The number of nitrogens with zero attached hydrogens (tertiary/aromatic N) is 1. The smallest absolute Gasteiger partial charge is 0.129 e. The van der Waals surface area contributed by atoms with Gasteiger partial charge in [0, 0.05) is 0 Å². The molecular weight excluding hydrogens is 204 g/mol. The molecule has 0 aliphatic heterocycles. The normalized spacial score (nSPS) is 8.55. The van der Waals surface area contributed by atoms with E-state index in [0.717, 1.165) is 4.47 Å². The van der Waals surface area contributed by atoms with E-state index in [1.165, 1.54) is 0 Å². The lowest BCUT2D eigenvalue weighted by molar-refractivity contribution is 1.28. The first-order valence-electron chi connectivity index (χ1n) is 3.09. The summed E-state index contributed by atoms with van der Waals surface area (Å²) in [7, 11) is 0. The van der Waals surface area contributed by atoms with E-state index in [2.05, 4.69) is 32.8 Å². The number of rotatable bonds is 0. The van der Waals surface area contributed by atoms with E-state index in [1.807, 2.05) is 6.07 Å². The number of pyridine rings is 1. The van der Waals surface area contributed by atoms with Gasteiger partial charge in [0.15, 0.2) is 0 Å². The number of nitrogen functional groups attached to an aromatic ring is 1. The molecule has 3 heteroatoms. The minimum atomic E-state index is 0.492. The standard InChI is InChI=1S/C8H7BrN2/c1-2-3-7-6(9)4-5-8(10)11-7/h4-5H,1H3,(H2,10,11). The fraction of sp³-hybridized carbons (Fsp3) is 0.125. The first-order chi connectivity index (χ1) is 5.24. The summed E-state index contributed by atoms with van der Waals surface area (Å²) >= 11 is 3.31. The van der Waals surface area contributed by atoms with E-state index in [1.54, 1.807) is 13.0 Å². The monoisotopic (exact) mass is 210 g/mol. The third-order valence-corrected chi connectivity index (χ3v) is 1.75. The second-order valence-corrected chi connectivity index (χ2v) is 2.80. The summed E-state index contributed by atoms with van der Waals surface area (Å²) in [4.78, 5) is 4.02. The Balaban J connectivity index is 3.19. The Morgan fingerprint density at radius 3 is 2.91 bits per heavy atom. The molecule has 0 amide bonds. The van der Waals surface area contributed by atoms with Gasteiger partial charge in [-0.1, -0.05) is 5.92 Å². The first-order valence-corrected chi connectivity index (χ1v) is 3.88. The molecule has 0 atom stereocenters. The van der Waals surface area contributed by atoms with Crippen molar-refractivity contribution in [3.63, 3.8) is 0 Å². The lowest BCUT2D eigenvalue weighted by atomic mass is 10.3. The molecule has 0 saturated heterocycles. The molecule has 2 N–H and O–H groups in total. The second kappa shape index (κ2) is 3.40. The van der Waals surface area contributed by atoms with Crippen LogP contribution in [0.3, 0.4) is 0 Å². The Hall–Kier alpha value is -1.01. The summed E-state index contributed by atoms with van der Waals surface area (Å²) in [5.74, 6) is 6.07. The summed E-state index contributed by atoms with van der Waals surface area (Å²) in [5, 5.41) is 0. The predicted octanol–water partition coefficient (Wildman–Crippen LogP) is 1.80. The van der Waals surface area contributed by atoms with Crippen LogP contribution in [0, 0.1) is 11.8 Å². The van der Waals surface area contributed by atoms with Crippen molar-refractivity contribution in [2.45, 2.75) is 6.92 Å². The van der Waals surface area contributed by atoms with Crippen molar-refractivity contribution in [3.8, 4) is 11.8 Å². The van der Waals surface area contributed by atoms with Gasteiger partial charge >= 0.3 is 0 Å². The molecule has 2 nitrogen and oxygen atoms in total. The predicted molar refractivity (Wildman–Crippen MR) is 48.9 cm³/mol. The van der Waals surface area contributed by atoms with E-state index in [0.29, 0.717) is 11.5 Å². The molecular formula is C8H7BrN2. The van der Waals surface area contributed by atoms with E-state index < -0.39 is 0 Å². The van der Waals surface area contributed by atoms with Crippen LogP contribution in [0.2, 0.25) is 0 Å². The molecule has 56 valence electrons. The zero-order valence-electron chi connectivity index (χ0n) is 6.06. The Morgan fingerprint density at radius 1 is 1.55 bits per heavy atom. The molecule has 1 heterocycles. The summed E-state index contributed by atoms with van der Waals surface area (Å²) < 4.78 is 0.876. The van der Waals surface area contributed by atoms with E-state index in [-0.39, 0.29) is 0 Å². The Labute approximate surface area is 74.0 Å². The van der Waals surface area contributed by atoms with Crippen molar-refractivity contribution in [1.82, 2.24) is 4.98 Å². The molecule has 1 aromatic heterocycles. The van der Waals surface area contributed by atoms with E-state index >= 15 is 0 Å². The van der Waals surface area contributed by atoms with Crippen molar-refractivity contribution >= 4 is 21.7 Å². The molecule has 0 fully saturated rings. The van der Waals surface area contributed by atoms with Crippen molar-refractivity contribution in [1.29, 1.82) is 0 Å². The van der Waals surface area contributed by atoms with Crippen LogP contribution in [0.4, 0.5) is 5.82 Å². The van der Waals surface area contributed by atoms with Gasteiger partial charge in [-0.25, -0.2) is 4.98 Å². The van der Waals surface area contributed by atoms with Crippen LogP contribution in [0.5, 0.6) is 0 Å². The molecule has 1 rings (SSSR count). The SMILES string of the molecule is CC#Cc1nc(N)ccc1Br. The third kappa shape index (κ3) is 1.95. The molecule has 0 aromatic carbocycles. The van der Waals surface area contributed by atoms with Crippen LogP contribution < -0.4 is 5.73 Å². The van der Waals surface area contributed by atoms with Gasteiger partial charge in [-0.05, 0) is 40.9 Å². The van der Waals surface area contributed by atoms with Gasteiger partial charge in [0.05, 0.1) is 4.47 Å². The van der Waals surface area contributed by atoms with Crippen molar-refractivity contribution in [2.24, 2.45) is 0 Å². The summed E-state index contributed by atoms with van der Waals surface area (Å²) in [6.07, 6.45) is 0. The quantitative estimate of drug-likeness (QED) is 0.664. The summed E-state index contributed by atoms with van der Waals surface area (Å²) in [6, 6.07) is 3.56. The summed E-state index contributed by atoms with van der Waals surface area (Å²) in [6.45, 7) is 1.76. The lowest BCUT2D eigenvalue weighted by Gasteiger charge is -1.95. The van der Waals surface area contributed by atoms with Gasteiger partial charge in [0.25, 0.3) is 0 Å². The van der Waals surface area contributed by atoms with Gasteiger partial charge in [-0.2, -0.15) is 0 Å². The zero-order chi connectivity index (χ0) is 8.27. The fourth-order valence-electron chi connectivity index (χ4n) is 0.663. The van der Waals surface area contributed by atoms with E-state index in [9.17, 15) is 0 Å². The van der Waals surface area contributed by atoms with Gasteiger partial charge in [-0.3, -0.25) is 0 Å². The van der Waals surface area contributed by atoms with Gasteiger partial charge < -0.3 is 5.73 Å². The number of hydrogen-bond donors (Lipinski definition) is 1. The molecule has 0 unspecified atom stereocenters. The van der Waals surface area contributed by atoms with Crippen LogP contribution in [-0.2, 0) is 0 Å². The highest BCUT2D eigenvalue weighted by Crippen LogP contribution is 2.14. The largest absolute Gasteiger partial charge is 0.384 e. The average Bonchev–Trinajstić information content (AvgIpc) is 1.98. The lowest BCUT2D eigenvalue weighted by Crippen LogP contribution is -1.92. The van der Waals surface area contributed by atoms with Gasteiger partial charge in [0.2, 0.25) is 0 Å². The molecule has 0 bridgehead atoms. The zero-order valence-corrected chi connectivity index (χ0v) is 7.64. The third-order valence-electron chi connectivity index (χ3n) is 1.11. The molecule has 0 aliphatic rings. The number of halogens is 1. The van der Waals surface area contributed by atoms with E-state index in [4.69, 9.17) is 5.73 Å². The number of anilines is 1. The highest BCUT2D eigenvalue weighted by molar-refractivity contribution is 9.10. The van der Waals surface area contributed by atoms with Gasteiger partial charge in [0.1, 0.15) is 11.5 Å². The Kier molecular flexibility index (Phi) is 2.50. The maximum absolute atomic E-state index is 5.46. The number of nitrogens with two attached hydrogens (primary N) is 1. The maximum atomic E-state index is 5.46. The molecule has 0 radical (unpaired) electrons. The average molecular weight is 211 g/mol. The van der Waals surface area contributed by atoms with Crippen LogP contribution in [0.25, 0.3) is 0 Å². The summed E-state index contributed by atoms with van der Waals surface area (Å²) in [5.41, 5.74) is 6.15. The fourth-order valence-corrected chi connectivity index (χ4v) is 0.983. The number of hydrogen-bond acceptors (Lipinski definition) is 2. The highest BCUT2D eigenvalue weighted by Gasteiger charge is 1.96. The molecule has 11 heavy (non-hydrogen) atoms. The Bertz CT molecular complexity index is 323. The second-order valence-electron chi connectivity index (χ2n) is 1.94.